The van der Waals surface area contributed by atoms with E-state index in [1.54, 1.807) is 24.3 Å². The van der Waals surface area contributed by atoms with E-state index < -0.39 is 15.9 Å². The summed E-state index contributed by atoms with van der Waals surface area (Å²) in [5.41, 5.74) is 1.69. The van der Waals surface area contributed by atoms with Crippen molar-refractivity contribution in [3.05, 3.63) is 83.9 Å². The second-order valence-electron chi connectivity index (χ2n) is 7.78. The smallest absolute Gasteiger partial charge is 0.235 e. The maximum atomic E-state index is 11.8. The number of rotatable bonds is 5. The van der Waals surface area contributed by atoms with Gasteiger partial charge in [-0.3, -0.25) is 9.52 Å². The van der Waals surface area contributed by atoms with Gasteiger partial charge in [0.2, 0.25) is 15.9 Å². The van der Waals surface area contributed by atoms with Crippen LogP contribution in [0.5, 0.6) is 23.0 Å². The van der Waals surface area contributed by atoms with Gasteiger partial charge in [-0.25, -0.2) is 8.42 Å². The van der Waals surface area contributed by atoms with Gasteiger partial charge in [-0.2, -0.15) is 0 Å². The highest BCUT2D eigenvalue weighted by molar-refractivity contribution is 7.90. The van der Waals surface area contributed by atoms with Crippen LogP contribution in [-0.4, -0.2) is 26.7 Å². The lowest BCUT2D eigenvalue weighted by molar-refractivity contribution is -0.119. The Balaban J connectivity index is 1.30. The van der Waals surface area contributed by atoms with Gasteiger partial charge in [0.1, 0.15) is 18.1 Å². The first kappa shape index (κ1) is 20.4. The van der Waals surface area contributed by atoms with E-state index in [9.17, 15) is 13.2 Å². The van der Waals surface area contributed by atoms with Crippen LogP contribution in [0, 0.1) is 0 Å². The third-order valence-electron chi connectivity index (χ3n) is 5.46. The number of amides is 1. The molecule has 32 heavy (non-hydrogen) atoms. The standard InChI is InChI=1S/C24H21NO6S/c26-23-13-17(15-32(27,28)25-23)16-9-11-19(12-10-16)31-22-14-29-24-20(22)7-4-8-21(24)30-18-5-2-1-3-6-18/h1-12,17,22H,13-15H2,(H,25,26)/t17?,22-/m1/s1. The zero-order chi connectivity index (χ0) is 22.1. The van der Waals surface area contributed by atoms with Crippen molar-refractivity contribution in [1.82, 2.24) is 4.72 Å². The molecule has 1 unspecified atom stereocenters. The number of para-hydroxylation sites is 2. The molecular formula is C24H21NO6S. The fraction of sp³-hybridized carbons (Fsp3) is 0.208. The molecule has 0 bridgehead atoms. The van der Waals surface area contributed by atoms with Gasteiger partial charge >= 0.3 is 0 Å². The van der Waals surface area contributed by atoms with E-state index in [1.165, 1.54) is 0 Å². The Morgan fingerprint density at radius 2 is 1.69 bits per heavy atom. The zero-order valence-electron chi connectivity index (χ0n) is 17.1. The molecule has 0 aromatic heterocycles. The van der Waals surface area contributed by atoms with Crippen molar-refractivity contribution in [2.24, 2.45) is 0 Å². The first-order valence-electron chi connectivity index (χ1n) is 10.3. The number of benzene rings is 3. The Bertz CT molecular complexity index is 1240. The maximum absolute atomic E-state index is 11.8. The lowest BCUT2D eigenvalue weighted by atomic mass is 9.97. The van der Waals surface area contributed by atoms with E-state index in [0.717, 1.165) is 16.9 Å². The average molecular weight is 452 g/mol. The van der Waals surface area contributed by atoms with Crippen LogP contribution in [-0.2, 0) is 14.8 Å². The van der Waals surface area contributed by atoms with E-state index in [-0.39, 0.29) is 24.2 Å². The molecule has 8 heteroatoms. The summed E-state index contributed by atoms with van der Waals surface area (Å²) in [6.07, 6.45) is -0.149. The van der Waals surface area contributed by atoms with Gasteiger partial charge in [0.25, 0.3) is 0 Å². The fourth-order valence-electron chi connectivity index (χ4n) is 3.98. The van der Waals surface area contributed by atoms with E-state index in [0.29, 0.717) is 23.9 Å². The maximum Gasteiger partial charge on any atom is 0.235 e. The zero-order valence-corrected chi connectivity index (χ0v) is 17.9. The van der Waals surface area contributed by atoms with E-state index >= 15 is 0 Å². The van der Waals surface area contributed by atoms with E-state index in [4.69, 9.17) is 14.2 Å². The van der Waals surface area contributed by atoms with Crippen molar-refractivity contribution in [3.8, 4) is 23.0 Å². The Hall–Kier alpha value is -3.52. The minimum atomic E-state index is -3.58. The van der Waals surface area contributed by atoms with Crippen LogP contribution >= 0.6 is 0 Å². The van der Waals surface area contributed by atoms with Gasteiger partial charge in [-0.05, 0) is 35.9 Å². The van der Waals surface area contributed by atoms with Crippen molar-refractivity contribution < 1.29 is 27.4 Å². The van der Waals surface area contributed by atoms with Crippen LogP contribution in [0.15, 0.2) is 72.8 Å². The molecular weight excluding hydrogens is 430 g/mol. The number of hydrogen-bond donors (Lipinski definition) is 1. The van der Waals surface area contributed by atoms with Gasteiger partial charge in [0.15, 0.2) is 17.6 Å². The number of ether oxygens (including phenoxy) is 3. The molecule has 2 aliphatic rings. The van der Waals surface area contributed by atoms with Crippen molar-refractivity contribution in [2.45, 2.75) is 18.4 Å². The molecule has 2 aliphatic heterocycles. The third kappa shape index (κ3) is 4.27. The summed E-state index contributed by atoms with van der Waals surface area (Å²) in [6, 6.07) is 22.4. The Labute approximate surface area is 186 Å². The number of fused-ring (bicyclic) bond motifs is 1. The molecule has 1 saturated heterocycles. The van der Waals surface area contributed by atoms with E-state index in [2.05, 4.69) is 0 Å². The fourth-order valence-corrected chi connectivity index (χ4v) is 5.34. The van der Waals surface area contributed by atoms with Crippen molar-refractivity contribution in [3.63, 3.8) is 0 Å². The summed E-state index contributed by atoms with van der Waals surface area (Å²) < 4.78 is 43.6. The highest BCUT2D eigenvalue weighted by Gasteiger charge is 2.31. The van der Waals surface area contributed by atoms with Gasteiger partial charge < -0.3 is 14.2 Å². The van der Waals surface area contributed by atoms with Crippen molar-refractivity contribution in [1.29, 1.82) is 0 Å². The molecule has 0 aliphatic carbocycles. The van der Waals surface area contributed by atoms with Gasteiger partial charge in [-0.15, -0.1) is 0 Å². The highest BCUT2D eigenvalue weighted by Crippen LogP contribution is 2.43. The molecule has 7 nitrogen and oxygen atoms in total. The average Bonchev–Trinajstić information content (AvgIpc) is 3.17. The monoisotopic (exact) mass is 451 g/mol. The molecule has 0 saturated carbocycles. The normalized spacial score (nSPS) is 21.2. The second-order valence-corrected chi connectivity index (χ2v) is 9.55. The van der Waals surface area contributed by atoms with Crippen molar-refractivity contribution >= 4 is 15.9 Å². The summed E-state index contributed by atoms with van der Waals surface area (Å²) in [5.74, 6) is 1.71. The third-order valence-corrected chi connectivity index (χ3v) is 6.84. The molecule has 3 aromatic carbocycles. The second kappa shape index (κ2) is 8.20. The Morgan fingerprint density at radius 3 is 2.44 bits per heavy atom. The van der Waals surface area contributed by atoms with Crippen LogP contribution in [0.25, 0.3) is 0 Å². The molecule has 1 amide bonds. The van der Waals surface area contributed by atoms with Crippen molar-refractivity contribution in [2.75, 3.05) is 12.4 Å². The number of hydrogen-bond acceptors (Lipinski definition) is 6. The number of carbonyl (C=O) groups is 1. The Kier molecular flexibility index (Phi) is 5.22. The quantitative estimate of drug-likeness (QED) is 0.632. The van der Waals surface area contributed by atoms with E-state index in [1.807, 2.05) is 53.3 Å². The largest absolute Gasteiger partial charge is 0.485 e. The van der Waals surface area contributed by atoms with Gasteiger partial charge in [0.05, 0.1) is 5.75 Å². The lowest BCUT2D eigenvalue weighted by Crippen LogP contribution is -2.40. The molecule has 1 N–H and O–H groups in total. The molecule has 0 radical (unpaired) electrons. The first-order valence-corrected chi connectivity index (χ1v) is 11.9. The first-order chi connectivity index (χ1) is 15.5. The number of sulfonamides is 1. The lowest BCUT2D eigenvalue weighted by Gasteiger charge is -2.22. The van der Waals surface area contributed by atoms with Crippen LogP contribution in [0.4, 0.5) is 0 Å². The van der Waals surface area contributed by atoms with Crippen LogP contribution in [0.2, 0.25) is 0 Å². The predicted molar refractivity (Wildman–Crippen MR) is 118 cm³/mol. The minimum absolute atomic E-state index is 0.104. The summed E-state index contributed by atoms with van der Waals surface area (Å²) in [7, 11) is -3.58. The molecule has 0 spiro atoms. The predicted octanol–water partition coefficient (Wildman–Crippen LogP) is 3.92. The van der Waals surface area contributed by atoms with Crippen LogP contribution in [0.3, 0.4) is 0 Å². The van der Waals surface area contributed by atoms with Gasteiger partial charge in [-0.1, -0.05) is 42.5 Å². The minimum Gasteiger partial charge on any atom is -0.485 e. The summed E-state index contributed by atoms with van der Waals surface area (Å²) in [6.45, 7) is 0.354. The molecule has 164 valence electrons. The topological polar surface area (TPSA) is 90.9 Å². The molecule has 1 fully saturated rings. The summed E-state index contributed by atoms with van der Waals surface area (Å²) in [4.78, 5) is 11.7. The van der Waals surface area contributed by atoms with Gasteiger partial charge in [0, 0.05) is 17.9 Å². The molecule has 2 atom stereocenters. The Morgan fingerprint density at radius 1 is 0.906 bits per heavy atom. The number of carbonyl (C=O) groups excluding carboxylic acids is 1. The van der Waals surface area contributed by atoms with Crippen LogP contribution < -0.4 is 18.9 Å². The molecule has 5 rings (SSSR count). The number of nitrogens with one attached hydrogen (secondary N) is 1. The summed E-state index contributed by atoms with van der Waals surface area (Å²) in [5, 5.41) is 0. The molecule has 3 aromatic rings. The molecule has 2 heterocycles. The summed E-state index contributed by atoms with van der Waals surface area (Å²) >= 11 is 0. The SMILES string of the molecule is O=C1CC(c2ccc(O[C@@H]3COc4c(Oc5ccccc5)cccc43)cc2)CS(=O)(=O)N1. The van der Waals surface area contributed by atoms with Crippen LogP contribution in [0.1, 0.15) is 29.6 Å². The highest BCUT2D eigenvalue weighted by atomic mass is 32.2.